The summed E-state index contributed by atoms with van der Waals surface area (Å²) in [6.07, 6.45) is 16.8. The van der Waals surface area contributed by atoms with E-state index < -0.39 is 0 Å². The number of aliphatic hydroxyl groups excluding tert-OH is 1. The van der Waals surface area contributed by atoms with Gasteiger partial charge in [0.15, 0.2) is 0 Å². The van der Waals surface area contributed by atoms with Crippen molar-refractivity contribution in [3.63, 3.8) is 0 Å². The van der Waals surface area contributed by atoms with Crippen LogP contribution in [-0.2, 0) is 0 Å². The van der Waals surface area contributed by atoms with Gasteiger partial charge in [0.1, 0.15) is 0 Å². The zero-order valence-corrected chi connectivity index (χ0v) is 21.7. The number of aliphatic hydroxyl groups is 1. The summed E-state index contributed by atoms with van der Waals surface area (Å²) in [4.78, 5) is 0. The maximum atomic E-state index is 10.7. The van der Waals surface area contributed by atoms with Crippen molar-refractivity contribution in [1.82, 2.24) is 0 Å². The summed E-state index contributed by atoms with van der Waals surface area (Å²) in [5.41, 5.74) is 5.30. The molecule has 0 bridgehead atoms. The molecular formula is C30H50O. The lowest BCUT2D eigenvalue weighted by atomic mass is 9.42. The smallest absolute Gasteiger partial charge is 0.0594 e. The first-order chi connectivity index (χ1) is 14.4. The lowest BCUT2D eigenvalue weighted by Gasteiger charge is -2.63. The molecule has 0 aromatic rings. The SMILES string of the molecule is C=C(CC/C=C(\C)CCC=C(C)C)[C@H]1CC[C@@H]2[C@@]1(C)CC[C@H]1C(C)(C)[C@@H](O)CC[C@]21C. The van der Waals surface area contributed by atoms with E-state index >= 15 is 0 Å². The van der Waals surface area contributed by atoms with Gasteiger partial charge in [-0.15, -0.1) is 0 Å². The van der Waals surface area contributed by atoms with Crippen LogP contribution in [0.15, 0.2) is 35.5 Å². The van der Waals surface area contributed by atoms with Crippen molar-refractivity contribution < 1.29 is 5.11 Å². The maximum Gasteiger partial charge on any atom is 0.0594 e. The molecule has 176 valence electrons. The highest BCUT2D eigenvalue weighted by Gasteiger charge is 2.63. The molecular weight excluding hydrogens is 376 g/mol. The molecule has 6 atom stereocenters. The third-order valence-corrected chi connectivity index (χ3v) is 10.2. The first kappa shape index (κ1) is 24.8. The molecule has 1 heteroatoms. The molecule has 31 heavy (non-hydrogen) atoms. The Morgan fingerprint density at radius 3 is 2.16 bits per heavy atom. The van der Waals surface area contributed by atoms with Gasteiger partial charge in [-0.2, -0.15) is 0 Å². The third kappa shape index (κ3) is 4.64. The van der Waals surface area contributed by atoms with Gasteiger partial charge in [-0.3, -0.25) is 0 Å². The Kier molecular flexibility index (Phi) is 7.37. The van der Waals surface area contributed by atoms with Crippen molar-refractivity contribution in [1.29, 1.82) is 0 Å². The van der Waals surface area contributed by atoms with E-state index in [4.69, 9.17) is 0 Å². The number of hydrogen-bond donors (Lipinski definition) is 1. The fourth-order valence-electron chi connectivity index (χ4n) is 8.36. The van der Waals surface area contributed by atoms with Crippen LogP contribution >= 0.6 is 0 Å². The molecule has 0 aromatic heterocycles. The van der Waals surface area contributed by atoms with Crippen molar-refractivity contribution in [2.24, 2.45) is 34.0 Å². The van der Waals surface area contributed by atoms with Crippen LogP contribution in [0.3, 0.4) is 0 Å². The minimum Gasteiger partial charge on any atom is -0.393 e. The van der Waals surface area contributed by atoms with Crippen LogP contribution in [0.4, 0.5) is 0 Å². The molecule has 3 rings (SSSR count). The minimum absolute atomic E-state index is 0.0528. The molecule has 0 saturated heterocycles. The van der Waals surface area contributed by atoms with Gasteiger partial charge in [-0.25, -0.2) is 0 Å². The van der Waals surface area contributed by atoms with E-state index in [0.29, 0.717) is 22.7 Å². The largest absolute Gasteiger partial charge is 0.393 e. The zero-order valence-electron chi connectivity index (χ0n) is 21.7. The summed E-state index contributed by atoms with van der Waals surface area (Å²) >= 11 is 0. The molecule has 0 unspecified atom stereocenters. The highest BCUT2D eigenvalue weighted by Crippen LogP contribution is 2.70. The predicted octanol–water partition coefficient (Wildman–Crippen LogP) is 8.65. The van der Waals surface area contributed by atoms with E-state index in [-0.39, 0.29) is 11.5 Å². The molecule has 0 radical (unpaired) electrons. The standard InChI is InChI=1S/C30H50O/c1-21(2)11-9-12-22(3)13-10-14-23(4)24-15-16-26-29(24,7)19-17-25-28(5,6)27(31)18-20-30(25,26)8/h11,13,24-27,31H,4,9-10,12,14-20H2,1-3,5-8H3/b22-13+/t24-,25+,26-,27+,29+,30+/m1/s1. The molecule has 3 saturated carbocycles. The number of hydrogen-bond acceptors (Lipinski definition) is 1. The summed E-state index contributed by atoms with van der Waals surface area (Å²) in [6, 6.07) is 0. The zero-order chi connectivity index (χ0) is 23.0. The second kappa shape index (κ2) is 9.20. The molecule has 0 amide bonds. The van der Waals surface area contributed by atoms with Gasteiger partial charge in [0.05, 0.1) is 6.10 Å². The second-order valence-electron chi connectivity index (χ2n) is 12.7. The Hall–Kier alpha value is -0.820. The summed E-state index contributed by atoms with van der Waals surface area (Å²) in [6.45, 7) is 21.1. The molecule has 0 spiro atoms. The van der Waals surface area contributed by atoms with E-state index in [0.717, 1.165) is 25.2 Å². The Bertz CT molecular complexity index is 721. The van der Waals surface area contributed by atoms with Gasteiger partial charge >= 0.3 is 0 Å². The quantitative estimate of drug-likeness (QED) is 0.404. The molecule has 0 aromatic carbocycles. The van der Waals surface area contributed by atoms with Crippen molar-refractivity contribution in [2.75, 3.05) is 0 Å². The Morgan fingerprint density at radius 1 is 0.839 bits per heavy atom. The van der Waals surface area contributed by atoms with Crippen LogP contribution in [0.2, 0.25) is 0 Å². The van der Waals surface area contributed by atoms with Crippen LogP contribution in [0.25, 0.3) is 0 Å². The monoisotopic (exact) mass is 426 g/mol. The Morgan fingerprint density at radius 2 is 1.48 bits per heavy atom. The van der Waals surface area contributed by atoms with E-state index in [9.17, 15) is 5.11 Å². The highest BCUT2D eigenvalue weighted by molar-refractivity contribution is 5.19. The molecule has 3 aliphatic rings. The van der Waals surface area contributed by atoms with Crippen molar-refractivity contribution in [3.05, 3.63) is 35.5 Å². The molecule has 0 heterocycles. The average Bonchev–Trinajstić information content (AvgIpc) is 3.03. The van der Waals surface area contributed by atoms with Crippen molar-refractivity contribution >= 4 is 0 Å². The van der Waals surface area contributed by atoms with Gasteiger partial charge in [-0.1, -0.05) is 63.1 Å². The average molecular weight is 427 g/mol. The number of allylic oxidation sites excluding steroid dienone is 5. The van der Waals surface area contributed by atoms with Crippen LogP contribution in [0.1, 0.15) is 113 Å². The fourth-order valence-corrected chi connectivity index (χ4v) is 8.36. The van der Waals surface area contributed by atoms with E-state index in [1.807, 2.05) is 0 Å². The summed E-state index contributed by atoms with van der Waals surface area (Å²) in [5.74, 6) is 2.12. The normalized spacial score (nSPS) is 39.5. The molecule has 0 aliphatic heterocycles. The van der Waals surface area contributed by atoms with Crippen LogP contribution in [0.5, 0.6) is 0 Å². The van der Waals surface area contributed by atoms with Crippen molar-refractivity contribution in [3.8, 4) is 0 Å². The minimum atomic E-state index is -0.131. The van der Waals surface area contributed by atoms with Gasteiger partial charge in [0.25, 0.3) is 0 Å². The summed E-state index contributed by atoms with van der Waals surface area (Å²) < 4.78 is 0. The summed E-state index contributed by atoms with van der Waals surface area (Å²) in [7, 11) is 0. The number of fused-ring (bicyclic) bond motifs is 3. The van der Waals surface area contributed by atoms with Gasteiger partial charge in [-0.05, 0) is 119 Å². The van der Waals surface area contributed by atoms with Gasteiger partial charge in [0.2, 0.25) is 0 Å². The van der Waals surface area contributed by atoms with Crippen molar-refractivity contribution in [2.45, 2.75) is 119 Å². The number of rotatable bonds is 7. The topological polar surface area (TPSA) is 20.2 Å². The Balaban J connectivity index is 1.64. The van der Waals surface area contributed by atoms with Crippen LogP contribution in [-0.4, -0.2) is 11.2 Å². The molecule has 1 nitrogen and oxygen atoms in total. The van der Waals surface area contributed by atoms with E-state index in [2.05, 4.69) is 67.2 Å². The van der Waals surface area contributed by atoms with E-state index in [1.165, 1.54) is 61.7 Å². The summed E-state index contributed by atoms with van der Waals surface area (Å²) in [5, 5.41) is 10.7. The van der Waals surface area contributed by atoms with E-state index in [1.54, 1.807) is 0 Å². The lowest BCUT2D eigenvalue weighted by molar-refractivity contribution is -0.166. The molecule has 3 fully saturated rings. The fraction of sp³-hybridized carbons (Fsp3) is 0.800. The maximum absolute atomic E-state index is 10.7. The first-order valence-electron chi connectivity index (χ1n) is 13.1. The second-order valence-corrected chi connectivity index (χ2v) is 12.7. The predicted molar refractivity (Wildman–Crippen MR) is 135 cm³/mol. The molecule has 1 N–H and O–H groups in total. The van der Waals surface area contributed by atoms with Gasteiger partial charge < -0.3 is 5.11 Å². The van der Waals surface area contributed by atoms with Gasteiger partial charge in [0, 0.05) is 0 Å². The lowest BCUT2D eigenvalue weighted by Crippen LogP contribution is -2.58. The van der Waals surface area contributed by atoms with Crippen LogP contribution < -0.4 is 0 Å². The Labute approximate surface area is 193 Å². The van der Waals surface area contributed by atoms with Crippen LogP contribution in [0, 0.1) is 34.0 Å². The highest BCUT2D eigenvalue weighted by atomic mass is 16.3. The third-order valence-electron chi connectivity index (χ3n) is 10.2. The molecule has 3 aliphatic carbocycles. The first-order valence-corrected chi connectivity index (χ1v) is 13.1.